The number of ether oxygens (including phenoxy) is 1. The maximum Gasteiger partial charge on any atom is 0.416 e. The van der Waals surface area contributed by atoms with Crippen LogP contribution in [0.25, 0.3) is 11.1 Å². The second-order valence-electron chi connectivity index (χ2n) is 9.99. The molecule has 0 saturated carbocycles. The lowest BCUT2D eigenvalue weighted by atomic mass is 9.72. The second kappa shape index (κ2) is 7.89. The monoisotopic (exact) mass is 471 g/mol. The number of pyridine rings is 1. The zero-order chi connectivity index (χ0) is 24.4. The smallest absolute Gasteiger partial charge is 0.388 e. The van der Waals surface area contributed by atoms with E-state index in [2.05, 4.69) is 13.8 Å². The summed E-state index contributed by atoms with van der Waals surface area (Å²) in [6, 6.07) is 11.0. The summed E-state index contributed by atoms with van der Waals surface area (Å²) in [4.78, 5) is 4.92. The number of aliphatic hydroxyl groups excluding tert-OH is 1. The van der Waals surface area contributed by atoms with Crippen LogP contribution in [-0.4, -0.2) is 10.1 Å². The first-order valence-electron chi connectivity index (χ1n) is 11.3. The molecule has 2 unspecified atom stereocenters. The van der Waals surface area contributed by atoms with E-state index in [1.54, 1.807) is 12.1 Å². The quantitative estimate of drug-likeness (QED) is 0.406. The van der Waals surface area contributed by atoms with Crippen molar-refractivity contribution < 1.29 is 27.4 Å². The highest BCUT2D eigenvalue weighted by atomic mass is 19.4. The molecule has 5 rings (SSSR count). The van der Waals surface area contributed by atoms with Gasteiger partial charge in [0.2, 0.25) is 0 Å². The first-order chi connectivity index (χ1) is 15.9. The molecular weight excluding hydrogens is 446 g/mol. The van der Waals surface area contributed by atoms with E-state index >= 15 is 0 Å². The van der Waals surface area contributed by atoms with Crippen LogP contribution in [-0.2, 0) is 17.3 Å². The van der Waals surface area contributed by atoms with Crippen LogP contribution < -0.4 is 0 Å². The number of aliphatic hydroxyl groups is 1. The van der Waals surface area contributed by atoms with Crippen LogP contribution in [0.1, 0.15) is 79.1 Å². The minimum absolute atomic E-state index is 0.150. The van der Waals surface area contributed by atoms with Crippen LogP contribution in [0.2, 0.25) is 0 Å². The summed E-state index contributed by atoms with van der Waals surface area (Å²) in [6.45, 7) is 6.02. The predicted octanol–water partition coefficient (Wildman–Crippen LogP) is 7.09. The van der Waals surface area contributed by atoms with Crippen molar-refractivity contribution in [2.24, 2.45) is 5.41 Å². The molecule has 3 nitrogen and oxygen atoms in total. The minimum atomic E-state index is -4.43. The molecule has 0 amide bonds. The number of fused-ring (bicyclic) bond motifs is 2. The number of benzene rings is 2. The first kappa shape index (κ1) is 23.0. The molecule has 1 aliphatic heterocycles. The summed E-state index contributed by atoms with van der Waals surface area (Å²) in [5.41, 5.74) is 4.02. The first-order valence-corrected chi connectivity index (χ1v) is 11.3. The maximum atomic E-state index is 13.8. The van der Waals surface area contributed by atoms with E-state index in [1.807, 2.05) is 6.92 Å². The van der Waals surface area contributed by atoms with Crippen LogP contribution in [0.4, 0.5) is 17.6 Å². The van der Waals surface area contributed by atoms with Gasteiger partial charge in [0, 0.05) is 16.8 Å². The largest absolute Gasteiger partial charge is 0.416 e. The van der Waals surface area contributed by atoms with Crippen LogP contribution in [0.15, 0.2) is 48.5 Å². The van der Waals surface area contributed by atoms with E-state index in [0.29, 0.717) is 35.2 Å². The lowest BCUT2D eigenvalue weighted by molar-refractivity contribution is -0.137. The molecule has 34 heavy (non-hydrogen) atoms. The summed E-state index contributed by atoms with van der Waals surface area (Å²) in [6.07, 6.45) is -5.06. The van der Waals surface area contributed by atoms with E-state index in [-0.39, 0.29) is 11.2 Å². The molecule has 1 aliphatic carbocycles. The number of aromatic nitrogens is 1. The van der Waals surface area contributed by atoms with Gasteiger partial charge in [-0.3, -0.25) is 4.98 Å². The summed E-state index contributed by atoms with van der Waals surface area (Å²) in [5.74, 6) is -0.381. The van der Waals surface area contributed by atoms with Gasteiger partial charge in [-0.05, 0) is 66.1 Å². The number of hydrogen-bond donors (Lipinski definition) is 1. The zero-order valence-corrected chi connectivity index (χ0v) is 19.1. The van der Waals surface area contributed by atoms with Gasteiger partial charge < -0.3 is 9.84 Å². The number of halogens is 4. The van der Waals surface area contributed by atoms with Crippen molar-refractivity contribution in [2.45, 2.75) is 58.1 Å². The third-order valence-electron chi connectivity index (χ3n) is 6.77. The lowest BCUT2D eigenvalue weighted by Gasteiger charge is -2.36. The van der Waals surface area contributed by atoms with Crippen molar-refractivity contribution in [3.8, 4) is 11.1 Å². The highest BCUT2D eigenvalue weighted by molar-refractivity contribution is 5.75. The zero-order valence-electron chi connectivity index (χ0n) is 19.1. The summed E-state index contributed by atoms with van der Waals surface area (Å²) >= 11 is 0. The Morgan fingerprint density at radius 1 is 1.00 bits per heavy atom. The molecule has 2 aliphatic rings. The van der Waals surface area contributed by atoms with Crippen LogP contribution in [0.3, 0.4) is 0 Å². The van der Waals surface area contributed by atoms with Gasteiger partial charge in [-0.2, -0.15) is 13.2 Å². The van der Waals surface area contributed by atoms with E-state index in [0.717, 1.165) is 29.0 Å². The number of alkyl halides is 3. The van der Waals surface area contributed by atoms with Gasteiger partial charge in [-0.1, -0.05) is 38.1 Å². The third-order valence-corrected chi connectivity index (χ3v) is 6.77. The molecule has 2 heterocycles. The Bertz CT molecular complexity index is 1230. The Kier molecular flexibility index (Phi) is 5.33. The Balaban J connectivity index is 1.74. The van der Waals surface area contributed by atoms with Crippen LogP contribution in [0.5, 0.6) is 0 Å². The predicted molar refractivity (Wildman–Crippen MR) is 119 cm³/mol. The molecule has 178 valence electrons. The fourth-order valence-corrected chi connectivity index (χ4v) is 5.26. The highest BCUT2D eigenvalue weighted by Gasteiger charge is 2.42. The second-order valence-corrected chi connectivity index (χ2v) is 9.99. The lowest BCUT2D eigenvalue weighted by Crippen LogP contribution is -2.28. The van der Waals surface area contributed by atoms with Crippen molar-refractivity contribution in [1.82, 2.24) is 4.98 Å². The Morgan fingerprint density at radius 3 is 2.26 bits per heavy atom. The number of rotatable bonds is 2. The SMILES string of the molecule is CC1OC(c2ccc(C(F)(F)F)cc2)c2c1nc1c(c2-c2ccc(F)cc2)[C@@H](O)CC(C)(C)C1. The molecule has 7 heteroatoms. The molecule has 3 aromatic rings. The molecule has 0 fully saturated rings. The Hall–Kier alpha value is -2.77. The van der Waals surface area contributed by atoms with Crippen molar-refractivity contribution >= 4 is 0 Å². The van der Waals surface area contributed by atoms with Crippen molar-refractivity contribution in [1.29, 1.82) is 0 Å². The highest BCUT2D eigenvalue weighted by Crippen LogP contribution is 2.52. The molecule has 0 saturated heterocycles. The Morgan fingerprint density at radius 2 is 1.65 bits per heavy atom. The molecule has 1 aromatic heterocycles. The fourth-order valence-electron chi connectivity index (χ4n) is 5.26. The van der Waals surface area contributed by atoms with Crippen LogP contribution >= 0.6 is 0 Å². The molecule has 0 radical (unpaired) electrons. The van der Waals surface area contributed by atoms with Crippen molar-refractivity contribution in [3.63, 3.8) is 0 Å². The van der Waals surface area contributed by atoms with Crippen LogP contribution in [0, 0.1) is 11.2 Å². The minimum Gasteiger partial charge on any atom is -0.388 e. The van der Waals surface area contributed by atoms with E-state index in [9.17, 15) is 22.7 Å². The topological polar surface area (TPSA) is 42.4 Å². The maximum absolute atomic E-state index is 13.8. The molecule has 3 atom stereocenters. The average molecular weight is 471 g/mol. The van der Waals surface area contributed by atoms with Gasteiger partial charge in [-0.25, -0.2) is 4.39 Å². The van der Waals surface area contributed by atoms with Gasteiger partial charge in [0.1, 0.15) is 11.9 Å². The normalized spacial score (nSPS) is 23.5. The molecule has 0 spiro atoms. The molecular formula is C27H25F4NO2. The average Bonchev–Trinajstić information content (AvgIpc) is 3.08. The standard InChI is InChI=1S/C27H25F4NO2/c1-14-24-23(25(34-14)16-4-8-17(9-5-16)27(29,30)31)21(15-6-10-18(28)11-7-15)22-19(32-24)12-26(2,3)13-20(22)33/h4-11,14,20,25,33H,12-13H2,1-3H3/t14?,20-,25?/m0/s1. The molecule has 0 bridgehead atoms. The van der Waals surface area contributed by atoms with Gasteiger partial charge in [0.15, 0.2) is 0 Å². The Labute approximate surface area is 195 Å². The number of nitrogens with zero attached hydrogens (tertiary/aromatic N) is 1. The van der Waals surface area contributed by atoms with Crippen molar-refractivity contribution in [2.75, 3.05) is 0 Å². The van der Waals surface area contributed by atoms with E-state index in [4.69, 9.17) is 9.72 Å². The van der Waals surface area contributed by atoms with E-state index < -0.39 is 30.1 Å². The molecule has 1 N–H and O–H groups in total. The fraction of sp³-hybridized carbons (Fsp3) is 0.370. The number of hydrogen-bond acceptors (Lipinski definition) is 3. The van der Waals surface area contributed by atoms with Gasteiger partial charge in [0.05, 0.1) is 23.5 Å². The van der Waals surface area contributed by atoms with Gasteiger partial charge in [-0.15, -0.1) is 0 Å². The summed E-state index contributed by atoms with van der Waals surface area (Å²) < 4.78 is 59.3. The summed E-state index contributed by atoms with van der Waals surface area (Å²) in [5, 5.41) is 11.2. The van der Waals surface area contributed by atoms with Gasteiger partial charge in [0.25, 0.3) is 0 Å². The third kappa shape index (κ3) is 3.91. The summed E-state index contributed by atoms with van der Waals surface area (Å²) in [7, 11) is 0. The molecule has 2 aromatic carbocycles. The van der Waals surface area contributed by atoms with Gasteiger partial charge >= 0.3 is 6.18 Å². The van der Waals surface area contributed by atoms with E-state index in [1.165, 1.54) is 24.3 Å². The van der Waals surface area contributed by atoms with Crippen molar-refractivity contribution in [3.05, 3.63) is 88.0 Å².